The molecule has 244 valence electrons. The Morgan fingerprint density at radius 3 is 1.53 bits per heavy atom. The van der Waals surface area contributed by atoms with Crippen LogP contribution in [0.25, 0.3) is 0 Å². The van der Waals surface area contributed by atoms with Crippen molar-refractivity contribution in [3.63, 3.8) is 0 Å². The largest absolute Gasteiger partial charge is 0.311 e. The van der Waals surface area contributed by atoms with Gasteiger partial charge in [0.2, 0.25) is 0 Å². The Morgan fingerprint density at radius 1 is 0.392 bits per heavy atom. The molecule has 0 N–H and O–H groups in total. The zero-order valence-electron chi connectivity index (χ0n) is 29.4. The number of hydrogen-bond acceptors (Lipinski definition) is 3. The van der Waals surface area contributed by atoms with E-state index in [1.807, 2.05) is 0 Å². The van der Waals surface area contributed by atoms with Crippen LogP contribution in [0.2, 0.25) is 0 Å². The van der Waals surface area contributed by atoms with Crippen LogP contribution in [-0.2, 0) is 5.41 Å². The highest BCUT2D eigenvalue weighted by molar-refractivity contribution is 7.00. The highest BCUT2D eigenvalue weighted by Crippen LogP contribution is 2.53. The number of fused-ring (bicyclic) bond motifs is 6. The summed E-state index contributed by atoms with van der Waals surface area (Å²) in [7, 11) is 0. The zero-order valence-corrected chi connectivity index (χ0v) is 29.4. The number of aryl methyl sites for hydroxylation is 2. The molecule has 3 aliphatic heterocycles. The van der Waals surface area contributed by atoms with Crippen molar-refractivity contribution in [1.82, 2.24) is 0 Å². The van der Waals surface area contributed by atoms with Crippen molar-refractivity contribution in [1.29, 1.82) is 0 Å². The predicted molar refractivity (Wildman–Crippen MR) is 217 cm³/mol. The summed E-state index contributed by atoms with van der Waals surface area (Å²) in [6.07, 6.45) is 0. The van der Waals surface area contributed by atoms with E-state index in [1.165, 1.54) is 78.5 Å². The van der Waals surface area contributed by atoms with Crippen molar-refractivity contribution >= 4 is 74.3 Å². The van der Waals surface area contributed by atoms with Crippen LogP contribution in [0, 0.1) is 13.8 Å². The minimum atomic E-state index is -0.116. The first kappa shape index (κ1) is 29.9. The number of nitrogens with zero attached hydrogens (tertiary/aromatic N) is 3. The summed E-state index contributed by atoms with van der Waals surface area (Å²) in [6.45, 7) is 9.23. The molecule has 10 rings (SSSR count). The van der Waals surface area contributed by atoms with E-state index in [1.54, 1.807) is 0 Å². The predicted octanol–water partition coefficient (Wildman–Crippen LogP) is 10.5. The van der Waals surface area contributed by atoms with Gasteiger partial charge in [0.25, 0.3) is 6.71 Å². The van der Waals surface area contributed by atoms with Gasteiger partial charge in [-0.05, 0) is 114 Å². The molecule has 4 heteroatoms. The standard InChI is InChI=1S/C47H38BN3/c1-31-23-26-42-39(27-31)48-38-25-24-35(51-40-21-13-11-19-36(40)47(3,4)37-20-12-14-22-41(37)51)30-43(38)50(34-17-9-6-10-18-34)45-29-32(2)28-44(46(45)48)49(42)33-15-7-5-8-16-33/h5-30H,1-4H3. The van der Waals surface area contributed by atoms with E-state index in [-0.39, 0.29) is 12.1 Å². The smallest absolute Gasteiger partial charge is 0.252 e. The first-order chi connectivity index (χ1) is 24.9. The molecule has 0 amide bonds. The van der Waals surface area contributed by atoms with Crippen molar-refractivity contribution in [3.8, 4) is 0 Å². The van der Waals surface area contributed by atoms with E-state index in [4.69, 9.17) is 0 Å². The fraction of sp³-hybridized carbons (Fsp3) is 0.106. The van der Waals surface area contributed by atoms with E-state index in [9.17, 15) is 0 Å². The van der Waals surface area contributed by atoms with Gasteiger partial charge in [-0.25, -0.2) is 0 Å². The van der Waals surface area contributed by atoms with Gasteiger partial charge < -0.3 is 14.7 Å². The molecule has 0 saturated heterocycles. The third-order valence-electron chi connectivity index (χ3n) is 11.3. The van der Waals surface area contributed by atoms with Gasteiger partial charge in [0, 0.05) is 45.2 Å². The van der Waals surface area contributed by atoms with Crippen LogP contribution in [0.4, 0.5) is 51.2 Å². The molecule has 0 radical (unpaired) electrons. The van der Waals surface area contributed by atoms with Crippen molar-refractivity contribution in [3.05, 3.63) is 180 Å². The number of rotatable bonds is 3. The average Bonchev–Trinajstić information content (AvgIpc) is 3.15. The first-order valence-corrected chi connectivity index (χ1v) is 18.0. The van der Waals surface area contributed by atoms with Crippen LogP contribution in [0.15, 0.2) is 158 Å². The fourth-order valence-electron chi connectivity index (χ4n) is 9.04. The third kappa shape index (κ3) is 4.32. The second kappa shape index (κ2) is 11.0. The van der Waals surface area contributed by atoms with Gasteiger partial charge in [-0.15, -0.1) is 0 Å². The number of anilines is 9. The maximum absolute atomic E-state index is 2.51. The van der Waals surface area contributed by atoms with Gasteiger partial charge in [-0.1, -0.05) is 110 Å². The first-order valence-electron chi connectivity index (χ1n) is 18.0. The molecule has 0 aliphatic carbocycles. The molecule has 0 spiro atoms. The highest BCUT2D eigenvalue weighted by Gasteiger charge is 2.44. The molecule has 3 heterocycles. The van der Waals surface area contributed by atoms with Crippen molar-refractivity contribution in [2.45, 2.75) is 33.1 Å². The molecule has 3 aliphatic rings. The fourth-order valence-corrected chi connectivity index (χ4v) is 9.04. The van der Waals surface area contributed by atoms with Crippen LogP contribution < -0.4 is 31.1 Å². The molecule has 0 unspecified atom stereocenters. The summed E-state index contributed by atoms with van der Waals surface area (Å²) in [4.78, 5) is 7.46. The molecule has 7 aromatic rings. The summed E-state index contributed by atoms with van der Waals surface area (Å²) in [5, 5.41) is 0. The Labute approximate surface area is 301 Å². The topological polar surface area (TPSA) is 9.72 Å². The van der Waals surface area contributed by atoms with Crippen LogP contribution in [0.3, 0.4) is 0 Å². The molecule has 0 bridgehead atoms. The van der Waals surface area contributed by atoms with Crippen LogP contribution in [-0.4, -0.2) is 6.71 Å². The summed E-state index contributed by atoms with van der Waals surface area (Å²) in [5.41, 5.74) is 20.0. The lowest BCUT2D eigenvalue weighted by Crippen LogP contribution is -2.61. The Balaban J connectivity index is 1.27. The maximum atomic E-state index is 2.51. The quantitative estimate of drug-likeness (QED) is 0.175. The van der Waals surface area contributed by atoms with E-state index < -0.39 is 0 Å². The molecule has 3 nitrogen and oxygen atoms in total. The lowest BCUT2D eigenvalue weighted by Gasteiger charge is -2.45. The minimum absolute atomic E-state index is 0.0781. The number of benzene rings is 7. The SMILES string of the molecule is Cc1ccc2c(c1)B1c3ccc(N4c5ccccc5C(C)(C)c5ccccc54)cc3N(c3ccccc3)c3cc(C)cc(c31)N2c1ccccc1. The van der Waals surface area contributed by atoms with Crippen molar-refractivity contribution in [2.75, 3.05) is 14.7 Å². The molecule has 7 aromatic carbocycles. The van der Waals surface area contributed by atoms with E-state index in [0.29, 0.717) is 0 Å². The summed E-state index contributed by atoms with van der Waals surface area (Å²) < 4.78 is 0. The Bertz CT molecular complexity index is 2460. The third-order valence-corrected chi connectivity index (χ3v) is 11.3. The molecular weight excluding hydrogens is 617 g/mol. The Hall–Kier alpha value is -6.00. The van der Waals surface area contributed by atoms with Crippen molar-refractivity contribution < 1.29 is 0 Å². The monoisotopic (exact) mass is 655 g/mol. The number of para-hydroxylation sites is 4. The van der Waals surface area contributed by atoms with E-state index >= 15 is 0 Å². The van der Waals surface area contributed by atoms with Crippen LogP contribution in [0.5, 0.6) is 0 Å². The Kier molecular flexibility index (Phi) is 6.45. The molecule has 0 saturated carbocycles. The van der Waals surface area contributed by atoms with Gasteiger partial charge in [-0.2, -0.15) is 0 Å². The maximum Gasteiger partial charge on any atom is 0.252 e. The molecule has 0 aromatic heterocycles. The van der Waals surface area contributed by atoms with Gasteiger partial charge in [0.05, 0.1) is 11.4 Å². The van der Waals surface area contributed by atoms with E-state index in [2.05, 4.69) is 200 Å². The lowest BCUT2D eigenvalue weighted by atomic mass is 9.33. The zero-order chi connectivity index (χ0) is 34.4. The van der Waals surface area contributed by atoms with Gasteiger partial charge in [0.1, 0.15) is 0 Å². The summed E-state index contributed by atoms with van der Waals surface area (Å²) in [6, 6.07) is 58.6. The average molecular weight is 656 g/mol. The second-order valence-electron chi connectivity index (χ2n) is 14.8. The van der Waals surface area contributed by atoms with Crippen LogP contribution >= 0.6 is 0 Å². The van der Waals surface area contributed by atoms with Gasteiger partial charge in [0.15, 0.2) is 0 Å². The lowest BCUT2D eigenvalue weighted by molar-refractivity contribution is 0.632. The summed E-state index contributed by atoms with van der Waals surface area (Å²) in [5.74, 6) is 0. The summed E-state index contributed by atoms with van der Waals surface area (Å²) >= 11 is 0. The second-order valence-corrected chi connectivity index (χ2v) is 14.8. The minimum Gasteiger partial charge on any atom is -0.311 e. The Morgan fingerprint density at radius 2 is 0.922 bits per heavy atom. The molecule has 51 heavy (non-hydrogen) atoms. The molecule has 0 fully saturated rings. The van der Waals surface area contributed by atoms with Crippen LogP contribution in [0.1, 0.15) is 36.1 Å². The normalized spacial score (nSPS) is 14.7. The molecule has 0 atom stereocenters. The highest BCUT2D eigenvalue weighted by atomic mass is 15.2. The van der Waals surface area contributed by atoms with Gasteiger partial charge in [-0.3, -0.25) is 0 Å². The molecular formula is C47H38BN3. The van der Waals surface area contributed by atoms with Crippen molar-refractivity contribution in [2.24, 2.45) is 0 Å². The number of hydrogen-bond donors (Lipinski definition) is 0. The van der Waals surface area contributed by atoms with E-state index in [0.717, 1.165) is 11.4 Å². The van der Waals surface area contributed by atoms with Gasteiger partial charge >= 0.3 is 0 Å².